The van der Waals surface area contributed by atoms with Crippen LogP contribution in [0.2, 0.25) is 0 Å². The molecule has 26 heavy (non-hydrogen) atoms. The maximum Gasteiger partial charge on any atom is 0.322 e. The summed E-state index contributed by atoms with van der Waals surface area (Å²) in [6, 6.07) is 7.70. The van der Waals surface area contributed by atoms with Crippen molar-refractivity contribution in [2.75, 3.05) is 20.1 Å². The van der Waals surface area contributed by atoms with E-state index in [2.05, 4.69) is 45.1 Å². The molecule has 0 spiro atoms. The molecule has 1 aromatic rings. The van der Waals surface area contributed by atoms with Crippen LogP contribution in [0.1, 0.15) is 57.2 Å². The number of carbonyl (C=O) groups is 2. The van der Waals surface area contributed by atoms with E-state index in [9.17, 15) is 9.59 Å². The van der Waals surface area contributed by atoms with Crippen molar-refractivity contribution in [3.63, 3.8) is 0 Å². The monoisotopic (exact) mass is 355 g/mol. The average Bonchev–Trinajstić information content (AvgIpc) is 2.93. The molecule has 1 aromatic carbocycles. The van der Waals surface area contributed by atoms with Gasteiger partial charge >= 0.3 is 6.03 Å². The normalized spacial score (nSPS) is 20.3. The van der Waals surface area contributed by atoms with Crippen molar-refractivity contribution in [2.24, 2.45) is 5.92 Å². The predicted octanol–water partition coefficient (Wildman–Crippen LogP) is 3.65. The molecule has 0 saturated heterocycles. The highest BCUT2D eigenvalue weighted by atomic mass is 16.2. The van der Waals surface area contributed by atoms with Crippen LogP contribution in [0.15, 0.2) is 35.5 Å². The van der Waals surface area contributed by atoms with E-state index in [1.54, 1.807) is 11.9 Å². The molecular formula is C21H29N3O2. The molecule has 3 rings (SSSR count). The van der Waals surface area contributed by atoms with E-state index in [0.29, 0.717) is 24.0 Å². The SMILES string of the molecule is CC(C)CCN1CC2=C(C1=O)[C@H](c1ccc(C(C)C)cc1)NC(=O)N2C. The van der Waals surface area contributed by atoms with Crippen LogP contribution in [0, 0.1) is 5.92 Å². The molecule has 0 bridgehead atoms. The van der Waals surface area contributed by atoms with Gasteiger partial charge in [-0.1, -0.05) is 52.0 Å². The second-order valence-corrected chi connectivity index (χ2v) is 8.03. The summed E-state index contributed by atoms with van der Waals surface area (Å²) in [5.41, 5.74) is 3.76. The minimum Gasteiger partial charge on any atom is -0.333 e. The lowest BCUT2D eigenvalue weighted by atomic mass is 9.93. The first kappa shape index (κ1) is 18.5. The Bertz CT molecular complexity index is 734. The number of carbonyl (C=O) groups excluding carboxylic acids is 2. The van der Waals surface area contributed by atoms with Crippen molar-refractivity contribution < 1.29 is 9.59 Å². The second-order valence-electron chi connectivity index (χ2n) is 8.03. The number of amides is 3. The molecule has 0 saturated carbocycles. The Morgan fingerprint density at radius 3 is 2.35 bits per heavy atom. The zero-order valence-electron chi connectivity index (χ0n) is 16.4. The molecule has 2 aliphatic heterocycles. The van der Waals surface area contributed by atoms with Crippen LogP contribution >= 0.6 is 0 Å². The van der Waals surface area contributed by atoms with Crippen LogP contribution in [-0.2, 0) is 4.79 Å². The highest BCUT2D eigenvalue weighted by molar-refractivity contribution is 6.01. The Kier molecular flexibility index (Phi) is 5.08. The van der Waals surface area contributed by atoms with Crippen molar-refractivity contribution in [3.8, 4) is 0 Å². The van der Waals surface area contributed by atoms with Gasteiger partial charge in [-0.3, -0.25) is 9.69 Å². The standard InChI is InChI=1S/C21H29N3O2/c1-13(2)10-11-24-12-17-18(20(24)25)19(22-21(26)23(17)5)16-8-6-15(7-9-16)14(3)4/h6-9,13-14,19H,10-12H2,1-5H3,(H,22,26)/t19-/m0/s1. The van der Waals surface area contributed by atoms with E-state index in [-0.39, 0.29) is 18.0 Å². The molecular weight excluding hydrogens is 326 g/mol. The molecule has 140 valence electrons. The number of urea groups is 1. The molecule has 0 unspecified atom stereocenters. The van der Waals surface area contributed by atoms with Crippen molar-refractivity contribution in [1.82, 2.24) is 15.1 Å². The number of rotatable bonds is 5. The first-order chi connectivity index (χ1) is 12.3. The summed E-state index contributed by atoms with van der Waals surface area (Å²) in [5.74, 6) is 1.04. The summed E-state index contributed by atoms with van der Waals surface area (Å²) in [5, 5.41) is 3.00. The molecule has 0 radical (unpaired) electrons. The van der Waals surface area contributed by atoms with E-state index >= 15 is 0 Å². The third-order valence-electron chi connectivity index (χ3n) is 5.35. The van der Waals surface area contributed by atoms with Gasteiger partial charge in [0.1, 0.15) is 0 Å². The number of hydrogen-bond donors (Lipinski definition) is 1. The highest BCUT2D eigenvalue weighted by Gasteiger charge is 2.42. The third-order valence-corrected chi connectivity index (χ3v) is 5.35. The van der Waals surface area contributed by atoms with Gasteiger partial charge in [0.2, 0.25) is 0 Å². The summed E-state index contributed by atoms with van der Waals surface area (Å²) in [7, 11) is 1.74. The Hall–Kier alpha value is -2.30. The third kappa shape index (κ3) is 3.35. The molecule has 3 amide bonds. The number of hydrogen-bond acceptors (Lipinski definition) is 2. The van der Waals surface area contributed by atoms with Gasteiger partial charge in [-0.05, 0) is 29.4 Å². The molecule has 5 nitrogen and oxygen atoms in total. The van der Waals surface area contributed by atoms with Gasteiger partial charge in [0.15, 0.2) is 0 Å². The molecule has 5 heteroatoms. The molecule has 0 aromatic heterocycles. The number of benzene rings is 1. The smallest absolute Gasteiger partial charge is 0.322 e. The number of nitrogens with one attached hydrogen (secondary N) is 1. The summed E-state index contributed by atoms with van der Waals surface area (Å²) >= 11 is 0. The van der Waals surface area contributed by atoms with Crippen LogP contribution in [0.25, 0.3) is 0 Å². The van der Waals surface area contributed by atoms with Gasteiger partial charge in [-0.25, -0.2) is 4.79 Å². The van der Waals surface area contributed by atoms with Crippen molar-refractivity contribution in [3.05, 3.63) is 46.7 Å². The first-order valence-electron chi connectivity index (χ1n) is 9.46. The van der Waals surface area contributed by atoms with Crippen LogP contribution in [0.3, 0.4) is 0 Å². The maximum absolute atomic E-state index is 13.1. The molecule has 1 N–H and O–H groups in total. The van der Waals surface area contributed by atoms with Gasteiger partial charge in [-0.2, -0.15) is 0 Å². The van der Waals surface area contributed by atoms with Crippen molar-refractivity contribution in [1.29, 1.82) is 0 Å². The summed E-state index contributed by atoms with van der Waals surface area (Å²) in [6.07, 6.45) is 0.963. The average molecular weight is 355 g/mol. The lowest BCUT2D eigenvalue weighted by Gasteiger charge is -2.31. The maximum atomic E-state index is 13.1. The number of likely N-dealkylation sites (N-methyl/N-ethyl adjacent to an activating group) is 1. The summed E-state index contributed by atoms with van der Waals surface area (Å²) in [6.45, 7) is 9.87. The minimum absolute atomic E-state index is 0.0467. The highest BCUT2D eigenvalue weighted by Crippen LogP contribution is 2.36. The topological polar surface area (TPSA) is 52.7 Å². The summed E-state index contributed by atoms with van der Waals surface area (Å²) < 4.78 is 0. The van der Waals surface area contributed by atoms with E-state index < -0.39 is 0 Å². The Morgan fingerprint density at radius 2 is 1.77 bits per heavy atom. The minimum atomic E-state index is -0.369. The lowest BCUT2D eigenvalue weighted by molar-refractivity contribution is -0.125. The van der Waals surface area contributed by atoms with Gasteiger partial charge in [0.05, 0.1) is 23.9 Å². The molecule has 2 aliphatic rings. The van der Waals surface area contributed by atoms with Gasteiger partial charge < -0.3 is 10.2 Å². The van der Waals surface area contributed by atoms with E-state index in [4.69, 9.17) is 0 Å². The Balaban J connectivity index is 1.91. The fourth-order valence-electron chi connectivity index (χ4n) is 3.54. The van der Waals surface area contributed by atoms with Gasteiger partial charge in [0, 0.05) is 13.6 Å². The predicted molar refractivity (Wildman–Crippen MR) is 103 cm³/mol. The van der Waals surface area contributed by atoms with Crippen molar-refractivity contribution >= 4 is 11.9 Å². The zero-order valence-corrected chi connectivity index (χ0v) is 16.4. The van der Waals surface area contributed by atoms with E-state index in [1.807, 2.05) is 17.0 Å². The number of nitrogens with zero attached hydrogens (tertiary/aromatic N) is 2. The van der Waals surface area contributed by atoms with Crippen LogP contribution < -0.4 is 5.32 Å². The molecule has 0 fully saturated rings. The molecule has 0 aliphatic carbocycles. The quantitative estimate of drug-likeness (QED) is 0.876. The van der Waals surface area contributed by atoms with Gasteiger partial charge in [0.25, 0.3) is 5.91 Å². The van der Waals surface area contributed by atoms with Crippen molar-refractivity contribution in [2.45, 2.75) is 46.1 Å². The summed E-state index contributed by atoms with van der Waals surface area (Å²) in [4.78, 5) is 28.9. The largest absolute Gasteiger partial charge is 0.333 e. The molecule has 1 atom stereocenters. The second kappa shape index (κ2) is 7.14. The van der Waals surface area contributed by atoms with Gasteiger partial charge in [-0.15, -0.1) is 0 Å². The Labute approximate surface area is 156 Å². The fourth-order valence-corrected chi connectivity index (χ4v) is 3.54. The fraction of sp³-hybridized carbons (Fsp3) is 0.524. The van der Waals surface area contributed by atoms with Crippen LogP contribution in [0.4, 0.5) is 4.79 Å². The first-order valence-corrected chi connectivity index (χ1v) is 9.46. The Morgan fingerprint density at radius 1 is 1.12 bits per heavy atom. The van der Waals surface area contributed by atoms with Crippen LogP contribution in [-0.4, -0.2) is 41.9 Å². The van der Waals surface area contributed by atoms with E-state index in [0.717, 1.165) is 24.2 Å². The molecule has 2 heterocycles. The zero-order chi connectivity index (χ0) is 19.0. The lowest BCUT2D eigenvalue weighted by Crippen LogP contribution is -2.45. The van der Waals surface area contributed by atoms with Crippen LogP contribution in [0.5, 0.6) is 0 Å². The van der Waals surface area contributed by atoms with E-state index in [1.165, 1.54) is 5.56 Å².